The molecule has 18 heavy (non-hydrogen) atoms. The van der Waals surface area contributed by atoms with E-state index in [1.165, 1.54) is 4.88 Å². The minimum Gasteiger partial charge on any atom is -0.378 e. The Morgan fingerprint density at radius 3 is 3.11 bits per heavy atom. The molecular formula is C13H18ClNO2S. The Morgan fingerprint density at radius 2 is 2.44 bits per heavy atom. The fourth-order valence-electron chi connectivity index (χ4n) is 2.92. The molecule has 3 nitrogen and oxygen atoms in total. The lowest BCUT2D eigenvalue weighted by molar-refractivity contribution is -0.149. The van der Waals surface area contributed by atoms with Crippen LogP contribution >= 0.6 is 22.9 Å². The normalized spacial score (nSPS) is 33.3. The molecule has 100 valence electrons. The Labute approximate surface area is 117 Å². The molecular weight excluding hydrogens is 270 g/mol. The van der Waals surface area contributed by atoms with E-state index in [4.69, 9.17) is 21.1 Å². The molecule has 2 saturated heterocycles. The predicted molar refractivity (Wildman–Crippen MR) is 73.3 cm³/mol. The Bertz CT molecular complexity index is 417. The van der Waals surface area contributed by atoms with Crippen LogP contribution in [0.15, 0.2) is 12.1 Å². The number of rotatable bonds is 2. The van der Waals surface area contributed by atoms with Gasteiger partial charge in [-0.2, -0.15) is 0 Å². The van der Waals surface area contributed by atoms with E-state index in [1.54, 1.807) is 11.3 Å². The van der Waals surface area contributed by atoms with E-state index in [-0.39, 0.29) is 11.7 Å². The van der Waals surface area contributed by atoms with Crippen molar-refractivity contribution in [3.63, 3.8) is 0 Å². The van der Waals surface area contributed by atoms with Crippen molar-refractivity contribution in [2.24, 2.45) is 0 Å². The second-order valence-electron chi connectivity index (χ2n) is 5.29. The predicted octanol–water partition coefficient (Wildman–Crippen LogP) is 2.78. The average Bonchev–Trinajstić information content (AvgIpc) is 2.88. The molecule has 2 aliphatic rings. The molecule has 2 aliphatic heterocycles. The van der Waals surface area contributed by atoms with E-state index >= 15 is 0 Å². The maximum atomic E-state index is 6.12. The van der Waals surface area contributed by atoms with Gasteiger partial charge in [-0.15, -0.1) is 11.3 Å². The summed E-state index contributed by atoms with van der Waals surface area (Å²) in [6, 6.07) is 4.09. The minimum atomic E-state index is -0.0707. The Morgan fingerprint density at radius 1 is 1.56 bits per heavy atom. The highest BCUT2D eigenvalue weighted by Crippen LogP contribution is 2.31. The van der Waals surface area contributed by atoms with Gasteiger partial charge in [0.25, 0.3) is 0 Å². The first kappa shape index (κ1) is 12.9. The topological polar surface area (TPSA) is 21.7 Å². The van der Waals surface area contributed by atoms with Crippen LogP contribution in [-0.2, 0) is 16.0 Å². The highest BCUT2D eigenvalue weighted by molar-refractivity contribution is 7.16. The van der Waals surface area contributed by atoms with Crippen LogP contribution in [0.25, 0.3) is 0 Å². The molecule has 1 spiro atoms. The third-order valence-corrected chi connectivity index (χ3v) is 4.77. The van der Waals surface area contributed by atoms with Gasteiger partial charge in [0.05, 0.1) is 17.0 Å². The number of morpholine rings is 1. The zero-order valence-electron chi connectivity index (χ0n) is 10.5. The fraction of sp³-hybridized carbons (Fsp3) is 0.692. The molecule has 0 bridgehead atoms. The highest BCUT2D eigenvalue weighted by atomic mass is 35.5. The smallest absolute Gasteiger partial charge is 0.107 e. The molecule has 3 rings (SSSR count). The van der Waals surface area contributed by atoms with Crippen molar-refractivity contribution in [2.75, 3.05) is 26.3 Å². The van der Waals surface area contributed by atoms with Crippen LogP contribution < -0.4 is 0 Å². The van der Waals surface area contributed by atoms with E-state index in [9.17, 15) is 0 Å². The zero-order chi connectivity index (χ0) is 12.6. The van der Waals surface area contributed by atoms with Crippen LogP contribution in [-0.4, -0.2) is 42.9 Å². The number of thiophene rings is 1. The van der Waals surface area contributed by atoms with Gasteiger partial charge in [-0.05, 0) is 19.1 Å². The first-order valence-corrected chi connectivity index (χ1v) is 7.57. The maximum absolute atomic E-state index is 6.12. The van der Waals surface area contributed by atoms with Gasteiger partial charge in [0.2, 0.25) is 0 Å². The zero-order valence-corrected chi connectivity index (χ0v) is 12.1. The van der Waals surface area contributed by atoms with Gasteiger partial charge in [0.1, 0.15) is 5.60 Å². The van der Waals surface area contributed by atoms with E-state index in [0.29, 0.717) is 0 Å². The summed E-state index contributed by atoms with van der Waals surface area (Å²) in [5, 5.41) is 0. The summed E-state index contributed by atoms with van der Waals surface area (Å²) in [6.07, 6.45) is 1.29. The van der Waals surface area contributed by atoms with Gasteiger partial charge < -0.3 is 9.47 Å². The number of ether oxygens (including phenoxy) is 2. The number of nitrogens with zero attached hydrogens (tertiary/aromatic N) is 1. The van der Waals surface area contributed by atoms with E-state index in [0.717, 1.165) is 43.6 Å². The average molecular weight is 288 g/mol. The largest absolute Gasteiger partial charge is 0.378 e. The molecule has 0 saturated carbocycles. The lowest BCUT2D eigenvalue weighted by atomic mass is 9.99. The van der Waals surface area contributed by atoms with Crippen molar-refractivity contribution in [3.8, 4) is 0 Å². The molecule has 2 atom stereocenters. The molecule has 5 heteroatoms. The lowest BCUT2D eigenvalue weighted by Gasteiger charge is -2.42. The second kappa shape index (κ2) is 5.10. The van der Waals surface area contributed by atoms with Gasteiger partial charge in [-0.1, -0.05) is 11.6 Å². The molecule has 0 aromatic carbocycles. The van der Waals surface area contributed by atoms with Gasteiger partial charge in [0.15, 0.2) is 0 Å². The summed E-state index contributed by atoms with van der Waals surface area (Å²) in [5.41, 5.74) is -0.0707. The van der Waals surface area contributed by atoms with Crippen LogP contribution in [0.3, 0.4) is 0 Å². The van der Waals surface area contributed by atoms with Gasteiger partial charge in [0, 0.05) is 37.5 Å². The molecule has 0 radical (unpaired) electrons. The number of hydrogen-bond acceptors (Lipinski definition) is 4. The Hall–Kier alpha value is -0.130. The van der Waals surface area contributed by atoms with Crippen LogP contribution in [0.2, 0.25) is 4.34 Å². The first-order chi connectivity index (χ1) is 8.65. The van der Waals surface area contributed by atoms with Crippen LogP contribution in [0.4, 0.5) is 0 Å². The van der Waals surface area contributed by atoms with E-state index in [1.807, 2.05) is 6.07 Å². The quantitative estimate of drug-likeness (QED) is 0.835. The molecule has 2 fully saturated rings. The van der Waals surface area contributed by atoms with Crippen molar-refractivity contribution in [3.05, 3.63) is 21.3 Å². The summed E-state index contributed by atoms with van der Waals surface area (Å²) >= 11 is 7.65. The van der Waals surface area contributed by atoms with Crippen LogP contribution in [0.1, 0.15) is 18.2 Å². The number of hydrogen-bond donors (Lipinski definition) is 0. The van der Waals surface area contributed by atoms with Gasteiger partial charge in [-0.3, -0.25) is 4.90 Å². The van der Waals surface area contributed by atoms with Crippen molar-refractivity contribution in [1.82, 2.24) is 4.90 Å². The van der Waals surface area contributed by atoms with Crippen molar-refractivity contribution in [1.29, 1.82) is 0 Å². The highest BCUT2D eigenvalue weighted by Gasteiger charge is 2.42. The second-order valence-corrected chi connectivity index (χ2v) is 7.09. The van der Waals surface area contributed by atoms with Crippen molar-refractivity contribution in [2.45, 2.75) is 31.6 Å². The van der Waals surface area contributed by atoms with Crippen molar-refractivity contribution < 1.29 is 9.47 Å². The molecule has 0 unspecified atom stereocenters. The SMILES string of the molecule is C[C@@H]1CN(Cc2ccc(Cl)s2)C[C@@]2(CCOC2)O1. The van der Waals surface area contributed by atoms with Crippen molar-refractivity contribution >= 4 is 22.9 Å². The molecule has 0 N–H and O–H groups in total. The Balaban J connectivity index is 1.68. The summed E-state index contributed by atoms with van der Waals surface area (Å²) in [4.78, 5) is 3.79. The molecule has 0 aliphatic carbocycles. The summed E-state index contributed by atoms with van der Waals surface area (Å²) in [7, 11) is 0. The molecule has 0 amide bonds. The van der Waals surface area contributed by atoms with Gasteiger partial charge >= 0.3 is 0 Å². The maximum Gasteiger partial charge on any atom is 0.107 e. The summed E-state index contributed by atoms with van der Waals surface area (Å²) in [5.74, 6) is 0. The third kappa shape index (κ3) is 2.73. The first-order valence-electron chi connectivity index (χ1n) is 6.37. The van der Waals surface area contributed by atoms with Gasteiger partial charge in [-0.25, -0.2) is 0 Å². The number of halogens is 1. The third-order valence-electron chi connectivity index (χ3n) is 3.55. The molecule has 3 heterocycles. The molecule has 1 aromatic heterocycles. The fourth-order valence-corrected chi connectivity index (χ4v) is 4.05. The summed E-state index contributed by atoms with van der Waals surface area (Å²) < 4.78 is 12.5. The Kier molecular flexibility index (Phi) is 3.65. The van der Waals surface area contributed by atoms with Crippen LogP contribution in [0.5, 0.6) is 0 Å². The molecule has 1 aromatic rings. The van der Waals surface area contributed by atoms with E-state index < -0.39 is 0 Å². The van der Waals surface area contributed by atoms with Crippen LogP contribution in [0, 0.1) is 0 Å². The monoisotopic (exact) mass is 287 g/mol. The standard InChI is InChI=1S/C13H18ClNO2S/c1-10-6-15(7-11-2-3-12(14)18-11)8-13(17-10)4-5-16-9-13/h2-3,10H,4-9H2,1H3/t10-,13-/m1/s1. The minimum absolute atomic E-state index is 0.0707. The van der Waals surface area contributed by atoms with E-state index in [2.05, 4.69) is 17.9 Å². The summed E-state index contributed by atoms with van der Waals surface area (Å²) in [6.45, 7) is 6.62. The lowest BCUT2D eigenvalue weighted by Crippen LogP contribution is -2.54.